The molecular weight excluding hydrogens is 188 g/mol. The summed E-state index contributed by atoms with van der Waals surface area (Å²) in [7, 11) is 1.67. The Labute approximate surface area is 89.3 Å². The monoisotopic (exact) mass is 202 g/mol. The smallest absolute Gasteiger partial charge is 0.219 e. The molecule has 0 unspecified atom stereocenters. The van der Waals surface area contributed by atoms with Crippen molar-refractivity contribution < 1.29 is 4.74 Å². The highest BCUT2D eigenvalue weighted by atomic mass is 16.5. The van der Waals surface area contributed by atoms with E-state index >= 15 is 0 Å². The van der Waals surface area contributed by atoms with Gasteiger partial charge in [0.15, 0.2) is 0 Å². The lowest BCUT2D eigenvalue weighted by atomic mass is 10.3. The molecule has 0 aliphatic carbocycles. The number of hydrogen-bond acceptors (Lipinski definition) is 2. The van der Waals surface area contributed by atoms with E-state index in [1.165, 1.54) is 0 Å². The van der Waals surface area contributed by atoms with Gasteiger partial charge in [-0.3, -0.25) is 0 Å². The van der Waals surface area contributed by atoms with Crippen LogP contribution in [0.15, 0.2) is 30.3 Å². The van der Waals surface area contributed by atoms with Crippen LogP contribution >= 0.6 is 0 Å². The largest absolute Gasteiger partial charge is 0.481 e. The van der Waals surface area contributed by atoms with Crippen molar-refractivity contribution in [3.8, 4) is 11.6 Å². The number of aromatic nitrogens is 2. The maximum Gasteiger partial charge on any atom is 0.219 e. The lowest BCUT2D eigenvalue weighted by molar-refractivity contribution is 0.381. The molecule has 0 saturated heterocycles. The van der Waals surface area contributed by atoms with Gasteiger partial charge in [0.25, 0.3) is 0 Å². The molecule has 0 radical (unpaired) electrons. The van der Waals surface area contributed by atoms with Crippen LogP contribution in [0.4, 0.5) is 0 Å². The Balaban J connectivity index is 2.58. The molecule has 0 N–H and O–H groups in total. The maximum absolute atomic E-state index is 5.35. The van der Waals surface area contributed by atoms with Crippen LogP contribution in [-0.2, 0) is 0 Å². The predicted octanol–water partition coefficient (Wildman–Crippen LogP) is 2.50. The van der Waals surface area contributed by atoms with E-state index < -0.39 is 0 Å². The Hall–Kier alpha value is -1.77. The van der Waals surface area contributed by atoms with E-state index in [-0.39, 0.29) is 0 Å². The minimum atomic E-state index is 0.804. The molecule has 0 atom stereocenters. The van der Waals surface area contributed by atoms with Crippen LogP contribution in [0.5, 0.6) is 5.88 Å². The van der Waals surface area contributed by atoms with E-state index in [0.29, 0.717) is 0 Å². The van der Waals surface area contributed by atoms with Crippen LogP contribution in [0.2, 0.25) is 0 Å². The highest BCUT2D eigenvalue weighted by Crippen LogP contribution is 2.24. The van der Waals surface area contributed by atoms with Crippen LogP contribution < -0.4 is 4.74 Å². The van der Waals surface area contributed by atoms with E-state index in [2.05, 4.69) is 5.10 Å². The topological polar surface area (TPSA) is 27.1 Å². The van der Waals surface area contributed by atoms with Gasteiger partial charge in [0.1, 0.15) is 0 Å². The van der Waals surface area contributed by atoms with Crippen molar-refractivity contribution in [3.63, 3.8) is 0 Å². The summed E-state index contributed by atoms with van der Waals surface area (Å²) in [6.45, 7) is 4.00. The third-order valence-corrected chi connectivity index (χ3v) is 2.50. The Morgan fingerprint density at radius 3 is 2.40 bits per heavy atom. The number of aryl methyl sites for hydroxylation is 1. The minimum absolute atomic E-state index is 0.804. The molecule has 1 aromatic carbocycles. The first-order valence-electron chi connectivity index (χ1n) is 4.89. The Bertz CT molecular complexity index is 460. The second-order valence-corrected chi connectivity index (χ2v) is 3.47. The van der Waals surface area contributed by atoms with Gasteiger partial charge >= 0.3 is 0 Å². The van der Waals surface area contributed by atoms with Crippen molar-refractivity contribution in [2.45, 2.75) is 13.8 Å². The van der Waals surface area contributed by atoms with E-state index in [0.717, 1.165) is 22.8 Å². The Morgan fingerprint density at radius 2 is 1.80 bits per heavy atom. The summed E-state index contributed by atoms with van der Waals surface area (Å²) < 4.78 is 7.18. The van der Waals surface area contributed by atoms with Gasteiger partial charge in [0.05, 0.1) is 18.5 Å². The molecule has 0 aliphatic heterocycles. The first kappa shape index (κ1) is 9.77. The molecule has 0 spiro atoms. The van der Waals surface area contributed by atoms with Gasteiger partial charge < -0.3 is 4.74 Å². The molecule has 0 aliphatic rings. The summed E-state index contributed by atoms with van der Waals surface area (Å²) in [6.07, 6.45) is 0. The van der Waals surface area contributed by atoms with Crippen LogP contribution in [0.25, 0.3) is 5.69 Å². The molecule has 78 valence electrons. The van der Waals surface area contributed by atoms with Crippen molar-refractivity contribution in [1.29, 1.82) is 0 Å². The summed E-state index contributed by atoms with van der Waals surface area (Å²) in [5.41, 5.74) is 3.10. The first-order chi connectivity index (χ1) is 7.24. The van der Waals surface area contributed by atoms with E-state index in [1.807, 2.05) is 48.9 Å². The fourth-order valence-corrected chi connectivity index (χ4v) is 1.57. The highest BCUT2D eigenvalue weighted by Gasteiger charge is 2.12. The Kier molecular flexibility index (Phi) is 2.46. The standard InChI is InChI=1S/C12H14N2O/c1-9-10(2)13-14(12(9)15-3)11-7-5-4-6-8-11/h4-8H,1-3H3. The second kappa shape index (κ2) is 3.77. The molecule has 3 heteroatoms. The zero-order valence-electron chi connectivity index (χ0n) is 9.19. The third kappa shape index (κ3) is 1.61. The van der Waals surface area contributed by atoms with Crippen molar-refractivity contribution in [3.05, 3.63) is 41.6 Å². The van der Waals surface area contributed by atoms with Crippen LogP contribution in [0.1, 0.15) is 11.3 Å². The van der Waals surface area contributed by atoms with Gasteiger partial charge in [-0.25, -0.2) is 4.68 Å². The van der Waals surface area contributed by atoms with Crippen LogP contribution in [0, 0.1) is 13.8 Å². The van der Waals surface area contributed by atoms with Gasteiger partial charge in [0, 0.05) is 5.56 Å². The van der Waals surface area contributed by atoms with Crippen molar-refractivity contribution in [2.75, 3.05) is 7.11 Å². The van der Waals surface area contributed by atoms with Crippen molar-refractivity contribution >= 4 is 0 Å². The van der Waals surface area contributed by atoms with Gasteiger partial charge in [-0.1, -0.05) is 18.2 Å². The number of rotatable bonds is 2. The molecule has 3 nitrogen and oxygen atoms in total. The van der Waals surface area contributed by atoms with Gasteiger partial charge in [0.2, 0.25) is 5.88 Å². The average Bonchev–Trinajstić information content (AvgIpc) is 2.56. The number of para-hydroxylation sites is 1. The van der Waals surface area contributed by atoms with Crippen molar-refractivity contribution in [1.82, 2.24) is 9.78 Å². The SMILES string of the molecule is COc1c(C)c(C)nn1-c1ccccc1. The molecule has 0 saturated carbocycles. The summed E-state index contributed by atoms with van der Waals surface area (Å²) in [4.78, 5) is 0. The molecular formula is C12H14N2O. The van der Waals surface area contributed by atoms with Crippen LogP contribution in [0.3, 0.4) is 0 Å². The fraction of sp³-hybridized carbons (Fsp3) is 0.250. The van der Waals surface area contributed by atoms with Gasteiger partial charge in [-0.2, -0.15) is 5.10 Å². The van der Waals surface area contributed by atoms with E-state index in [9.17, 15) is 0 Å². The van der Waals surface area contributed by atoms with Gasteiger partial charge in [-0.05, 0) is 26.0 Å². The lowest BCUT2D eigenvalue weighted by Gasteiger charge is -2.05. The maximum atomic E-state index is 5.35. The zero-order chi connectivity index (χ0) is 10.8. The minimum Gasteiger partial charge on any atom is -0.481 e. The molecule has 2 rings (SSSR count). The molecule has 1 heterocycles. The summed E-state index contributed by atoms with van der Waals surface area (Å²) in [5, 5.41) is 4.44. The molecule has 2 aromatic rings. The summed E-state index contributed by atoms with van der Waals surface area (Å²) >= 11 is 0. The molecule has 0 bridgehead atoms. The van der Waals surface area contributed by atoms with E-state index in [4.69, 9.17) is 4.74 Å². The normalized spacial score (nSPS) is 10.3. The van der Waals surface area contributed by atoms with Crippen LogP contribution in [-0.4, -0.2) is 16.9 Å². The molecule has 15 heavy (non-hydrogen) atoms. The van der Waals surface area contributed by atoms with Crippen molar-refractivity contribution in [2.24, 2.45) is 0 Å². The molecule has 1 aromatic heterocycles. The number of hydrogen-bond donors (Lipinski definition) is 0. The highest BCUT2D eigenvalue weighted by molar-refractivity contribution is 5.40. The summed E-state index contributed by atoms with van der Waals surface area (Å²) in [5.74, 6) is 0.804. The Morgan fingerprint density at radius 1 is 1.13 bits per heavy atom. The summed E-state index contributed by atoms with van der Waals surface area (Å²) in [6, 6.07) is 9.98. The third-order valence-electron chi connectivity index (χ3n) is 2.50. The zero-order valence-corrected chi connectivity index (χ0v) is 9.19. The fourth-order valence-electron chi connectivity index (χ4n) is 1.57. The number of ether oxygens (including phenoxy) is 1. The van der Waals surface area contributed by atoms with E-state index in [1.54, 1.807) is 7.11 Å². The molecule has 0 amide bonds. The predicted molar refractivity (Wildman–Crippen MR) is 59.6 cm³/mol. The first-order valence-corrected chi connectivity index (χ1v) is 4.89. The number of methoxy groups -OCH3 is 1. The average molecular weight is 202 g/mol. The molecule has 0 fully saturated rings. The van der Waals surface area contributed by atoms with Gasteiger partial charge in [-0.15, -0.1) is 0 Å². The second-order valence-electron chi connectivity index (χ2n) is 3.47. The quantitative estimate of drug-likeness (QED) is 0.748. The lowest BCUT2D eigenvalue weighted by Crippen LogP contribution is -1.99. The number of nitrogens with zero attached hydrogens (tertiary/aromatic N) is 2. The number of benzene rings is 1.